The number of thioether (sulfide) groups is 2. The zero-order valence-corrected chi connectivity index (χ0v) is 13.0. The molecule has 1 aromatic heterocycles. The van der Waals surface area contributed by atoms with Crippen LogP contribution in [0.1, 0.15) is 24.9 Å². The van der Waals surface area contributed by atoms with E-state index in [4.69, 9.17) is 5.73 Å². The van der Waals surface area contributed by atoms with Crippen molar-refractivity contribution < 1.29 is 0 Å². The highest BCUT2D eigenvalue weighted by atomic mass is 127. The molecule has 16 heavy (non-hydrogen) atoms. The van der Waals surface area contributed by atoms with E-state index in [1.54, 1.807) is 0 Å². The van der Waals surface area contributed by atoms with E-state index < -0.39 is 0 Å². The zero-order valence-electron chi connectivity index (χ0n) is 9.18. The van der Waals surface area contributed by atoms with Gasteiger partial charge in [0.15, 0.2) is 0 Å². The molecule has 0 spiro atoms. The predicted octanol–water partition coefficient (Wildman–Crippen LogP) is 2.96. The summed E-state index contributed by atoms with van der Waals surface area (Å²) >= 11 is 6.11. The number of anilines is 1. The van der Waals surface area contributed by atoms with Gasteiger partial charge in [-0.3, -0.25) is 0 Å². The first-order valence-corrected chi connectivity index (χ1v) is 8.20. The highest BCUT2D eigenvalue weighted by Gasteiger charge is 2.28. The highest BCUT2D eigenvalue weighted by molar-refractivity contribution is 14.1. The van der Waals surface area contributed by atoms with Crippen LogP contribution in [0.5, 0.6) is 0 Å². The number of nitrogens with zero attached hydrogens (tertiary/aromatic N) is 2. The van der Waals surface area contributed by atoms with Crippen molar-refractivity contribution in [3.8, 4) is 0 Å². The minimum absolute atomic E-state index is 0.385. The largest absolute Gasteiger partial charge is 0.383 e. The van der Waals surface area contributed by atoms with Gasteiger partial charge in [-0.05, 0) is 22.6 Å². The molecule has 2 heterocycles. The normalized spacial score (nSPS) is 30.3. The Kier molecular flexibility index (Phi) is 4.23. The standard InChI is InChI=1S/C10H14IN3S2/c1-5-6(2)16-8(4-15-5)10-13-3-7(11)9(12)14-10/h3,5-6,8H,4H2,1-2H3,(H2,12,13,14). The Hall–Kier alpha value is 0.310. The van der Waals surface area contributed by atoms with Gasteiger partial charge in [0.05, 0.1) is 8.82 Å². The summed E-state index contributed by atoms with van der Waals surface area (Å²) in [7, 11) is 0. The van der Waals surface area contributed by atoms with Crippen LogP contribution in [0.25, 0.3) is 0 Å². The van der Waals surface area contributed by atoms with Crippen LogP contribution >= 0.6 is 46.1 Å². The summed E-state index contributed by atoms with van der Waals surface area (Å²) in [6.07, 6.45) is 1.81. The Morgan fingerprint density at radius 3 is 2.81 bits per heavy atom. The van der Waals surface area contributed by atoms with Crippen LogP contribution < -0.4 is 5.73 Å². The molecule has 1 fully saturated rings. The van der Waals surface area contributed by atoms with Crippen molar-refractivity contribution >= 4 is 51.9 Å². The smallest absolute Gasteiger partial charge is 0.144 e. The molecule has 0 aliphatic carbocycles. The van der Waals surface area contributed by atoms with E-state index in [1.165, 1.54) is 0 Å². The van der Waals surface area contributed by atoms with E-state index in [2.05, 4.69) is 46.4 Å². The number of hydrogen-bond acceptors (Lipinski definition) is 5. The lowest BCUT2D eigenvalue weighted by Crippen LogP contribution is -2.23. The molecule has 0 radical (unpaired) electrons. The van der Waals surface area contributed by atoms with Gasteiger partial charge in [0.2, 0.25) is 0 Å². The van der Waals surface area contributed by atoms with Gasteiger partial charge in [-0.2, -0.15) is 11.8 Å². The Labute approximate surface area is 118 Å². The molecule has 1 aliphatic rings. The van der Waals surface area contributed by atoms with Gasteiger partial charge >= 0.3 is 0 Å². The summed E-state index contributed by atoms with van der Waals surface area (Å²) in [5, 5.41) is 1.74. The van der Waals surface area contributed by atoms with Crippen LogP contribution in [-0.4, -0.2) is 26.2 Å². The second kappa shape index (κ2) is 5.30. The van der Waals surface area contributed by atoms with Crippen molar-refractivity contribution in [2.45, 2.75) is 29.6 Å². The van der Waals surface area contributed by atoms with E-state index >= 15 is 0 Å². The molecule has 0 amide bonds. The van der Waals surface area contributed by atoms with Crippen LogP contribution in [0, 0.1) is 3.57 Å². The van der Waals surface area contributed by atoms with E-state index in [0.717, 1.165) is 15.1 Å². The van der Waals surface area contributed by atoms with Crippen LogP contribution in [0.2, 0.25) is 0 Å². The van der Waals surface area contributed by atoms with Crippen molar-refractivity contribution in [3.05, 3.63) is 15.6 Å². The summed E-state index contributed by atoms with van der Waals surface area (Å²) < 4.78 is 0.927. The molecule has 2 N–H and O–H groups in total. The minimum Gasteiger partial charge on any atom is -0.383 e. The number of nitrogen functional groups attached to an aromatic ring is 1. The second-order valence-electron chi connectivity index (χ2n) is 3.83. The fraction of sp³-hybridized carbons (Fsp3) is 0.600. The molecule has 2 rings (SSSR count). The van der Waals surface area contributed by atoms with Gasteiger partial charge in [0.25, 0.3) is 0 Å². The minimum atomic E-state index is 0.385. The third kappa shape index (κ3) is 2.76. The molecule has 3 nitrogen and oxygen atoms in total. The van der Waals surface area contributed by atoms with E-state index in [9.17, 15) is 0 Å². The number of nitrogens with two attached hydrogens (primary N) is 1. The fourth-order valence-corrected chi connectivity index (χ4v) is 4.58. The van der Waals surface area contributed by atoms with Gasteiger partial charge in [0, 0.05) is 22.4 Å². The van der Waals surface area contributed by atoms with Gasteiger partial charge in [-0.15, -0.1) is 11.8 Å². The molecule has 1 saturated heterocycles. The Morgan fingerprint density at radius 2 is 2.19 bits per heavy atom. The van der Waals surface area contributed by atoms with Crippen molar-refractivity contribution in [3.63, 3.8) is 0 Å². The van der Waals surface area contributed by atoms with Gasteiger partial charge in [-0.1, -0.05) is 13.8 Å². The summed E-state index contributed by atoms with van der Waals surface area (Å²) in [5.41, 5.74) is 5.81. The molecular formula is C10H14IN3S2. The van der Waals surface area contributed by atoms with Crippen LogP contribution in [0.15, 0.2) is 6.20 Å². The second-order valence-corrected chi connectivity index (χ2v) is 7.99. The maximum atomic E-state index is 5.81. The van der Waals surface area contributed by atoms with E-state index in [1.807, 2.05) is 29.7 Å². The van der Waals surface area contributed by atoms with E-state index in [0.29, 0.717) is 21.6 Å². The molecule has 0 aromatic carbocycles. The lowest BCUT2D eigenvalue weighted by Gasteiger charge is -2.30. The van der Waals surface area contributed by atoms with Gasteiger partial charge in [0.1, 0.15) is 11.6 Å². The predicted molar refractivity (Wildman–Crippen MR) is 80.9 cm³/mol. The quantitative estimate of drug-likeness (QED) is 0.774. The molecule has 3 unspecified atom stereocenters. The summed E-state index contributed by atoms with van der Waals surface area (Å²) in [4.78, 5) is 8.77. The van der Waals surface area contributed by atoms with Crippen molar-refractivity contribution in [1.82, 2.24) is 9.97 Å². The van der Waals surface area contributed by atoms with Crippen LogP contribution in [0.4, 0.5) is 5.82 Å². The fourth-order valence-electron chi connectivity index (χ4n) is 1.47. The SMILES string of the molecule is CC1SCC(c2ncc(I)c(N)n2)SC1C. The maximum Gasteiger partial charge on any atom is 0.144 e. The molecule has 1 aromatic rings. The highest BCUT2D eigenvalue weighted by Crippen LogP contribution is 2.43. The molecule has 88 valence electrons. The van der Waals surface area contributed by atoms with Crippen molar-refractivity contribution in [1.29, 1.82) is 0 Å². The molecule has 3 atom stereocenters. The maximum absolute atomic E-state index is 5.81. The average molecular weight is 367 g/mol. The molecular weight excluding hydrogens is 353 g/mol. The summed E-state index contributed by atoms with van der Waals surface area (Å²) in [5.74, 6) is 2.56. The summed E-state index contributed by atoms with van der Waals surface area (Å²) in [6, 6.07) is 0. The Morgan fingerprint density at radius 1 is 1.44 bits per heavy atom. The number of halogens is 1. The first kappa shape index (κ1) is 12.8. The molecule has 1 aliphatic heterocycles. The Bertz CT molecular complexity index is 388. The molecule has 6 heteroatoms. The van der Waals surface area contributed by atoms with Crippen molar-refractivity contribution in [2.75, 3.05) is 11.5 Å². The monoisotopic (exact) mass is 367 g/mol. The number of rotatable bonds is 1. The summed E-state index contributed by atoms with van der Waals surface area (Å²) in [6.45, 7) is 4.55. The van der Waals surface area contributed by atoms with Crippen LogP contribution in [-0.2, 0) is 0 Å². The lowest BCUT2D eigenvalue weighted by molar-refractivity contribution is 0.859. The van der Waals surface area contributed by atoms with Gasteiger partial charge < -0.3 is 5.73 Å². The molecule has 0 bridgehead atoms. The average Bonchev–Trinajstić information content (AvgIpc) is 2.26. The lowest BCUT2D eigenvalue weighted by atomic mass is 10.3. The van der Waals surface area contributed by atoms with Crippen LogP contribution in [0.3, 0.4) is 0 Å². The molecule has 0 saturated carbocycles. The van der Waals surface area contributed by atoms with Crippen molar-refractivity contribution in [2.24, 2.45) is 0 Å². The van der Waals surface area contributed by atoms with E-state index in [-0.39, 0.29) is 0 Å². The number of aromatic nitrogens is 2. The third-order valence-corrected chi connectivity index (χ3v) is 6.85. The zero-order chi connectivity index (χ0) is 11.7. The number of hydrogen-bond donors (Lipinski definition) is 1. The third-order valence-electron chi connectivity index (χ3n) is 2.63. The first-order chi connectivity index (χ1) is 7.58. The van der Waals surface area contributed by atoms with Gasteiger partial charge in [-0.25, -0.2) is 9.97 Å². The Balaban J connectivity index is 2.15. The topological polar surface area (TPSA) is 51.8 Å². The first-order valence-electron chi connectivity index (χ1n) is 5.13.